The summed E-state index contributed by atoms with van der Waals surface area (Å²) in [6.45, 7) is 2.24. The van der Waals surface area contributed by atoms with Crippen LogP contribution >= 0.6 is 0 Å². The van der Waals surface area contributed by atoms with Crippen LogP contribution in [0.25, 0.3) is 33.7 Å². The second-order valence-electron chi connectivity index (χ2n) is 9.46. The van der Waals surface area contributed by atoms with E-state index in [4.69, 9.17) is 19.9 Å². The van der Waals surface area contributed by atoms with Crippen molar-refractivity contribution in [2.45, 2.75) is 38.3 Å². The zero-order valence-electron chi connectivity index (χ0n) is 19.1. The molecule has 1 aliphatic carbocycles. The van der Waals surface area contributed by atoms with Crippen LogP contribution in [-0.2, 0) is 13.6 Å². The van der Waals surface area contributed by atoms with E-state index < -0.39 is 0 Å². The molecule has 1 saturated carbocycles. The highest BCUT2D eigenvalue weighted by Gasteiger charge is 2.28. The maximum atomic E-state index is 13.2. The minimum Gasteiger partial charge on any atom is -0.494 e. The van der Waals surface area contributed by atoms with Gasteiger partial charge in [0.05, 0.1) is 24.6 Å². The van der Waals surface area contributed by atoms with Crippen molar-refractivity contribution in [1.29, 1.82) is 0 Å². The van der Waals surface area contributed by atoms with Gasteiger partial charge in [-0.1, -0.05) is 0 Å². The highest BCUT2D eigenvalue weighted by molar-refractivity contribution is 6.00. The van der Waals surface area contributed by atoms with Crippen molar-refractivity contribution in [3.63, 3.8) is 0 Å². The molecule has 2 fully saturated rings. The molecule has 0 unspecified atom stereocenters. The lowest BCUT2D eigenvalue weighted by molar-refractivity contribution is 0.0708. The van der Waals surface area contributed by atoms with Crippen LogP contribution in [0.4, 0.5) is 0 Å². The molecule has 0 spiro atoms. The van der Waals surface area contributed by atoms with Crippen molar-refractivity contribution in [2.75, 3.05) is 20.2 Å². The van der Waals surface area contributed by atoms with Crippen LogP contribution in [0.1, 0.15) is 36.0 Å². The Hall–Kier alpha value is -3.26. The number of ether oxygens (including phenoxy) is 1. The number of furan rings is 1. The van der Waals surface area contributed by atoms with Gasteiger partial charge in [0, 0.05) is 43.7 Å². The molecule has 0 radical (unpaired) electrons. The van der Waals surface area contributed by atoms with Gasteiger partial charge in [-0.15, -0.1) is 0 Å². The molecule has 2 aliphatic rings. The molecule has 33 heavy (non-hydrogen) atoms. The third-order valence-electron chi connectivity index (χ3n) is 7.02. The summed E-state index contributed by atoms with van der Waals surface area (Å²) in [4.78, 5) is 20.1. The number of nitrogens with zero attached hydrogens (tertiary/aromatic N) is 4. The molecule has 4 heterocycles. The molecule has 2 N–H and O–H groups in total. The van der Waals surface area contributed by atoms with E-state index in [0.717, 1.165) is 59.6 Å². The van der Waals surface area contributed by atoms with Crippen LogP contribution in [0.2, 0.25) is 0 Å². The number of rotatable bonds is 5. The monoisotopic (exact) mass is 447 g/mol. The molecule has 4 aromatic rings. The van der Waals surface area contributed by atoms with Gasteiger partial charge < -0.3 is 28.9 Å². The number of hydrogen-bond acceptors (Lipinski definition) is 5. The largest absolute Gasteiger partial charge is 0.494 e. The molecular formula is C25H29N5O3. The summed E-state index contributed by atoms with van der Waals surface area (Å²) >= 11 is 0. The van der Waals surface area contributed by atoms with E-state index >= 15 is 0 Å². The second-order valence-corrected chi connectivity index (χ2v) is 9.46. The summed E-state index contributed by atoms with van der Waals surface area (Å²) < 4.78 is 15.8. The van der Waals surface area contributed by atoms with Crippen LogP contribution in [0, 0.1) is 5.92 Å². The van der Waals surface area contributed by atoms with Crippen molar-refractivity contribution in [2.24, 2.45) is 18.7 Å². The number of fused-ring (bicyclic) bond motifs is 2. The molecule has 1 atom stereocenters. The third-order valence-corrected chi connectivity index (χ3v) is 7.02. The highest BCUT2D eigenvalue weighted by atomic mass is 16.5. The summed E-state index contributed by atoms with van der Waals surface area (Å²) in [6.07, 6.45) is 6.13. The van der Waals surface area contributed by atoms with Gasteiger partial charge in [0.2, 0.25) is 5.71 Å². The Morgan fingerprint density at radius 1 is 1.27 bits per heavy atom. The van der Waals surface area contributed by atoms with Crippen molar-refractivity contribution in [3.05, 3.63) is 36.1 Å². The van der Waals surface area contributed by atoms with Gasteiger partial charge in [0.25, 0.3) is 5.91 Å². The number of hydrogen-bond donors (Lipinski definition) is 1. The normalized spacial score (nSPS) is 19.0. The number of amides is 1. The van der Waals surface area contributed by atoms with Gasteiger partial charge in [0.1, 0.15) is 11.3 Å². The average Bonchev–Trinajstić information content (AvgIpc) is 3.26. The first-order valence-corrected chi connectivity index (χ1v) is 11.7. The van der Waals surface area contributed by atoms with E-state index in [2.05, 4.69) is 15.2 Å². The van der Waals surface area contributed by atoms with Gasteiger partial charge in [-0.05, 0) is 55.9 Å². The number of carbonyl (C=O) groups is 1. The summed E-state index contributed by atoms with van der Waals surface area (Å²) in [5, 5.41) is 1.07. The van der Waals surface area contributed by atoms with Gasteiger partial charge in [-0.2, -0.15) is 0 Å². The average molecular weight is 448 g/mol. The Kier molecular flexibility index (Phi) is 4.72. The maximum Gasteiger partial charge on any atom is 0.254 e. The zero-order valence-corrected chi connectivity index (χ0v) is 19.1. The third kappa shape index (κ3) is 3.40. The molecule has 0 bridgehead atoms. The molecule has 1 amide bonds. The molecule has 172 valence electrons. The number of nitrogens with two attached hydrogens (primary N) is 1. The Labute approximate surface area is 191 Å². The van der Waals surface area contributed by atoms with E-state index in [1.54, 1.807) is 13.4 Å². The highest BCUT2D eigenvalue weighted by Crippen LogP contribution is 2.38. The molecule has 1 aliphatic heterocycles. The molecular weight excluding hydrogens is 418 g/mol. The van der Waals surface area contributed by atoms with E-state index in [-0.39, 0.29) is 11.9 Å². The minimum absolute atomic E-state index is 0.0211. The number of carbonyl (C=O) groups excluding carboxylic acids is 1. The number of likely N-dealkylation sites (tertiary alicyclic amines) is 1. The SMILES string of the molecule is COc1cc(C(=O)N2CCC[C@@H](N)C2)cc2nc(-c3cc4ccoc4n3CC3CC3)n(C)c12. The summed E-state index contributed by atoms with van der Waals surface area (Å²) in [5.41, 5.74) is 10.2. The Morgan fingerprint density at radius 3 is 2.88 bits per heavy atom. The van der Waals surface area contributed by atoms with E-state index in [1.165, 1.54) is 12.8 Å². The van der Waals surface area contributed by atoms with E-state index in [9.17, 15) is 4.79 Å². The maximum absolute atomic E-state index is 13.2. The van der Waals surface area contributed by atoms with E-state index in [0.29, 0.717) is 23.8 Å². The minimum atomic E-state index is -0.0211. The Balaban J connectivity index is 1.46. The fraction of sp³-hybridized carbons (Fsp3) is 0.440. The van der Waals surface area contributed by atoms with Crippen LogP contribution in [0.15, 0.2) is 34.9 Å². The molecule has 8 heteroatoms. The number of aromatic nitrogens is 3. The lowest BCUT2D eigenvalue weighted by Crippen LogP contribution is -2.45. The fourth-order valence-corrected chi connectivity index (χ4v) is 5.10. The number of methoxy groups -OCH3 is 1. The van der Waals surface area contributed by atoms with Crippen LogP contribution in [-0.4, -0.2) is 51.2 Å². The van der Waals surface area contributed by atoms with Gasteiger partial charge in [-0.3, -0.25) is 4.79 Å². The first-order chi connectivity index (χ1) is 16.0. The van der Waals surface area contributed by atoms with E-state index in [1.807, 2.05) is 30.1 Å². The van der Waals surface area contributed by atoms with Gasteiger partial charge in [-0.25, -0.2) is 4.98 Å². The molecule has 1 saturated heterocycles. The molecule has 8 nitrogen and oxygen atoms in total. The number of piperidine rings is 1. The van der Waals surface area contributed by atoms with Crippen molar-refractivity contribution in [3.8, 4) is 17.3 Å². The first kappa shape index (κ1) is 20.4. The quantitative estimate of drug-likeness (QED) is 0.503. The Morgan fingerprint density at radius 2 is 2.12 bits per heavy atom. The lowest BCUT2D eigenvalue weighted by Gasteiger charge is -2.30. The predicted molar refractivity (Wildman–Crippen MR) is 126 cm³/mol. The first-order valence-electron chi connectivity index (χ1n) is 11.7. The number of imidazole rings is 1. The standard InChI is InChI=1S/C25H29N5O3/c1-28-22-19(10-17(12-21(22)32-2)24(31)29-8-3-4-18(26)14-29)27-23(28)20-11-16-7-9-33-25(16)30(20)13-15-5-6-15/h7,9-12,15,18H,3-6,8,13-14,26H2,1-2H3/t18-/m1/s1. The molecule has 6 rings (SSSR count). The van der Waals surface area contributed by atoms with Crippen LogP contribution in [0.3, 0.4) is 0 Å². The molecule has 1 aromatic carbocycles. The van der Waals surface area contributed by atoms with Crippen LogP contribution in [0.5, 0.6) is 5.75 Å². The lowest BCUT2D eigenvalue weighted by atomic mass is 10.0. The topological polar surface area (TPSA) is 91.5 Å². The Bertz CT molecular complexity index is 1360. The summed E-state index contributed by atoms with van der Waals surface area (Å²) in [6, 6.07) is 7.86. The number of benzene rings is 1. The summed E-state index contributed by atoms with van der Waals surface area (Å²) in [7, 11) is 3.63. The van der Waals surface area contributed by atoms with Crippen molar-refractivity contribution in [1.82, 2.24) is 19.0 Å². The second kappa shape index (κ2) is 7.66. The molecule has 3 aromatic heterocycles. The number of aryl methyl sites for hydroxylation is 1. The smallest absolute Gasteiger partial charge is 0.254 e. The zero-order chi connectivity index (χ0) is 22.7. The fourth-order valence-electron chi connectivity index (χ4n) is 5.10. The van der Waals surface area contributed by atoms with Crippen LogP contribution < -0.4 is 10.5 Å². The van der Waals surface area contributed by atoms with Crippen molar-refractivity contribution < 1.29 is 13.9 Å². The summed E-state index contributed by atoms with van der Waals surface area (Å²) in [5.74, 6) is 2.14. The van der Waals surface area contributed by atoms with Crippen molar-refractivity contribution >= 4 is 28.0 Å². The predicted octanol–water partition coefficient (Wildman–Crippen LogP) is 3.77. The van der Waals surface area contributed by atoms with Gasteiger partial charge in [0.15, 0.2) is 5.82 Å². The van der Waals surface area contributed by atoms with Gasteiger partial charge >= 0.3 is 0 Å².